The number of rotatable bonds is 3. The van der Waals surface area contributed by atoms with Crippen molar-refractivity contribution in [1.82, 2.24) is 20.0 Å². The van der Waals surface area contributed by atoms with E-state index in [1.165, 1.54) is 30.4 Å². The Morgan fingerprint density at radius 3 is 2.86 bits per heavy atom. The molecular weight excluding hydrogens is 364 g/mol. The highest BCUT2D eigenvalue weighted by Gasteiger charge is 2.33. The van der Waals surface area contributed by atoms with Crippen molar-refractivity contribution in [3.63, 3.8) is 0 Å². The Labute approximate surface area is 172 Å². The van der Waals surface area contributed by atoms with Crippen LogP contribution in [0, 0.1) is 0 Å². The number of carbonyl (C=O) groups excluding carboxylic acids is 1. The highest BCUT2D eigenvalue weighted by Crippen LogP contribution is 2.38. The first-order valence-electron chi connectivity index (χ1n) is 11.0. The molecule has 2 fully saturated rings. The third-order valence-corrected chi connectivity index (χ3v) is 6.84. The lowest BCUT2D eigenvalue weighted by molar-refractivity contribution is 0.0301. The van der Waals surface area contributed by atoms with Gasteiger partial charge in [-0.05, 0) is 49.8 Å². The van der Waals surface area contributed by atoms with Crippen molar-refractivity contribution < 1.29 is 9.53 Å². The van der Waals surface area contributed by atoms with E-state index in [2.05, 4.69) is 39.4 Å². The fourth-order valence-corrected chi connectivity index (χ4v) is 5.35. The number of nitrogens with one attached hydrogen (secondary N) is 1. The molecule has 0 saturated carbocycles. The Bertz CT molecular complexity index is 858. The summed E-state index contributed by atoms with van der Waals surface area (Å²) in [6.07, 6.45) is 7.68. The Morgan fingerprint density at radius 2 is 1.97 bits per heavy atom. The molecule has 2 aliphatic heterocycles. The van der Waals surface area contributed by atoms with Crippen LogP contribution < -0.4 is 0 Å². The molecule has 3 heterocycles. The van der Waals surface area contributed by atoms with Gasteiger partial charge in [0.25, 0.3) is 5.91 Å². The molecule has 2 atom stereocenters. The predicted molar refractivity (Wildman–Crippen MR) is 111 cm³/mol. The molecule has 2 aromatic rings. The molecule has 1 aromatic carbocycles. The molecule has 1 aromatic heterocycles. The summed E-state index contributed by atoms with van der Waals surface area (Å²) in [5, 5.41) is 7.45. The second-order valence-corrected chi connectivity index (χ2v) is 8.54. The van der Waals surface area contributed by atoms with Gasteiger partial charge in [-0.25, -0.2) is 0 Å². The van der Waals surface area contributed by atoms with E-state index in [1.807, 2.05) is 4.90 Å². The van der Waals surface area contributed by atoms with Crippen LogP contribution in [0.2, 0.25) is 0 Å². The molecule has 1 N–H and O–H groups in total. The van der Waals surface area contributed by atoms with E-state index in [0.717, 1.165) is 37.2 Å². The molecule has 6 nitrogen and oxygen atoms in total. The highest BCUT2D eigenvalue weighted by molar-refractivity contribution is 5.95. The van der Waals surface area contributed by atoms with Crippen molar-refractivity contribution >= 4 is 5.91 Å². The molecule has 0 spiro atoms. The van der Waals surface area contributed by atoms with Gasteiger partial charge in [0, 0.05) is 31.6 Å². The maximum Gasteiger partial charge on any atom is 0.257 e. The summed E-state index contributed by atoms with van der Waals surface area (Å²) >= 11 is 0. The van der Waals surface area contributed by atoms with E-state index in [-0.39, 0.29) is 5.91 Å². The van der Waals surface area contributed by atoms with Crippen LogP contribution in [0.1, 0.15) is 64.8 Å². The van der Waals surface area contributed by atoms with Crippen LogP contribution in [-0.2, 0) is 11.2 Å². The number of ether oxygens (including phenoxy) is 1. The van der Waals surface area contributed by atoms with Gasteiger partial charge in [0.1, 0.15) is 0 Å². The van der Waals surface area contributed by atoms with Crippen molar-refractivity contribution in [3.05, 3.63) is 52.8 Å². The molecule has 0 bridgehead atoms. The Balaban J connectivity index is 1.35. The van der Waals surface area contributed by atoms with E-state index in [1.54, 1.807) is 6.20 Å². The van der Waals surface area contributed by atoms with Crippen LogP contribution in [0.4, 0.5) is 0 Å². The molecule has 29 heavy (non-hydrogen) atoms. The van der Waals surface area contributed by atoms with Gasteiger partial charge in [-0.1, -0.05) is 24.3 Å². The van der Waals surface area contributed by atoms with E-state index in [9.17, 15) is 4.79 Å². The zero-order valence-corrected chi connectivity index (χ0v) is 17.0. The number of hydrogen-bond donors (Lipinski definition) is 1. The number of carbonyl (C=O) groups is 1. The third kappa shape index (κ3) is 3.71. The first-order valence-corrected chi connectivity index (χ1v) is 11.0. The topological polar surface area (TPSA) is 61.5 Å². The fraction of sp³-hybridized carbons (Fsp3) is 0.565. The molecule has 5 rings (SSSR count). The zero-order valence-electron chi connectivity index (χ0n) is 17.0. The van der Waals surface area contributed by atoms with Gasteiger partial charge in [-0.15, -0.1) is 0 Å². The minimum atomic E-state index is 0.0946. The lowest BCUT2D eigenvalue weighted by Gasteiger charge is -2.41. The molecule has 0 unspecified atom stereocenters. The van der Waals surface area contributed by atoms with Crippen molar-refractivity contribution in [1.29, 1.82) is 0 Å². The number of aromatic nitrogens is 2. The minimum Gasteiger partial charge on any atom is -0.378 e. The number of nitrogens with zero attached hydrogens (tertiary/aromatic N) is 3. The Kier molecular flexibility index (Phi) is 5.38. The molecule has 6 heteroatoms. The number of fused-ring (bicyclic) bond motifs is 1. The lowest BCUT2D eigenvalue weighted by atomic mass is 9.84. The van der Waals surface area contributed by atoms with Crippen LogP contribution in [0.25, 0.3) is 0 Å². The second-order valence-electron chi connectivity index (χ2n) is 8.54. The molecule has 0 radical (unpaired) electrons. The summed E-state index contributed by atoms with van der Waals surface area (Å²) in [4.78, 5) is 17.6. The zero-order chi connectivity index (χ0) is 19.6. The highest BCUT2D eigenvalue weighted by atomic mass is 16.5. The van der Waals surface area contributed by atoms with Crippen molar-refractivity contribution in [2.24, 2.45) is 0 Å². The largest absolute Gasteiger partial charge is 0.378 e. The first kappa shape index (κ1) is 18.8. The van der Waals surface area contributed by atoms with Crippen LogP contribution >= 0.6 is 0 Å². The Hall–Kier alpha value is -2.18. The van der Waals surface area contributed by atoms with E-state index in [0.29, 0.717) is 38.3 Å². The number of morpholine rings is 1. The molecular formula is C23H30N4O2. The molecule has 1 aliphatic carbocycles. The summed E-state index contributed by atoms with van der Waals surface area (Å²) in [7, 11) is 0. The predicted octanol–water partition coefficient (Wildman–Crippen LogP) is 3.14. The van der Waals surface area contributed by atoms with Crippen molar-refractivity contribution in [2.75, 3.05) is 39.4 Å². The number of likely N-dealkylation sites (tertiary alicyclic amines) is 1. The number of aryl methyl sites for hydroxylation is 1. The number of aromatic amines is 1. The summed E-state index contributed by atoms with van der Waals surface area (Å²) < 4.78 is 5.40. The van der Waals surface area contributed by atoms with Gasteiger partial charge in [-0.3, -0.25) is 14.8 Å². The fourth-order valence-electron chi connectivity index (χ4n) is 5.35. The number of amides is 1. The maximum atomic E-state index is 13.1. The van der Waals surface area contributed by atoms with Crippen LogP contribution in [0.5, 0.6) is 0 Å². The van der Waals surface area contributed by atoms with Crippen LogP contribution in [0.3, 0.4) is 0 Å². The summed E-state index contributed by atoms with van der Waals surface area (Å²) in [5.41, 5.74) is 4.79. The molecule has 1 amide bonds. The van der Waals surface area contributed by atoms with Gasteiger partial charge in [-0.2, -0.15) is 5.10 Å². The average Bonchev–Trinajstić information content (AvgIpc) is 3.29. The van der Waals surface area contributed by atoms with Gasteiger partial charge in [0.05, 0.1) is 30.7 Å². The molecule has 154 valence electrons. The quantitative estimate of drug-likeness (QED) is 0.869. The van der Waals surface area contributed by atoms with E-state index >= 15 is 0 Å². The minimum absolute atomic E-state index is 0.0946. The summed E-state index contributed by atoms with van der Waals surface area (Å²) in [6, 6.07) is 9.44. The molecule has 3 aliphatic rings. The maximum absolute atomic E-state index is 13.1. The summed E-state index contributed by atoms with van der Waals surface area (Å²) in [5.74, 6) is 0.428. The standard InChI is InChI=1S/C23H30N4O2/c28-23(26-11-13-29-14-12-26)20-15-24-25-22(20)18-7-4-10-27(16-18)21-9-3-6-17-5-1-2-8-19(17)21/h1-2,5,8,15,18,21H,3-4,6-7,9-14,16H2,(H,24,25)/t18-,21+/m0/s1. The second kappa shape index (κ2) is 8.28. The smallest absolute Gasteiger partial charge is 0.257 e. The van der Waals surface area contributed by atoms with Gasteiger partial charge in [0.15, 0.2) is 0 Å². The number of hydrogen-bond acceptors (Lipinski definition) is 4. The van der Waals surface area contributed by atoms with Crippen molar-refractivity contribution in [2.45, 2.75) is 44.1 Å². The van der Waals surface area contributed by atoms with Crippen LogP contribution in [0.15, 0.2) is 30.5 Å². The first-order chi connectivity index (χ1) is 14.3. The lowest BCUT2D eigenvalue weighted by Crippen LogP contribution is -2.42. The van der Waals surface area contributed by atoms with Gasteiger partial charge >= 0.3 is 0 Å². The third-order valence-electron chi connectivity index (χ3n) is 6.84. The Morgan fingerprint density at radius 1 is 1.10 bits per heavy atom. The number of benzene rings is 1. The normalized spacial score (nSPS) is 25.6. The SMILES string of the molecule is O=C(c1cn[nH]c1[C@H]1CCCN([C@@H]2CCCc3ccccc32)C1)N1CCOCC1. The van der Waals surface area contributed by atoms with Crippen molar-refractivity contribution in [3.8, 4) is 0 Å². The van der Waals surface area contributed by atoms with E-state index < -0.39 is 0 Å². The number of H-pyrrole nitrogens is 1. The van der Waals surface area contributed by atoms with Gasteiger partial charge in [0.2, 0.25) is 0 Å². The average molecular weight is 395 g/mol. The van der Waals surface area contributed by atoms with Crippen LogP contribution in [-0.4, -0.2) is 65.3 Å². The monoisotopic (exact) mass is 394 g/mol. The summed E-state index contributed by atoms with van der Waals surface area (Å²) in [6.45, 7) is 4.70. The van der Waals surface area contributed by atoms with Gasteiger partial charge < -0.3 is 9.64 Å². The molecule has 2 saturated heterocycles. The van der Waals surface area contributed by atoms with E-state index in [4.69, 9.17) is 4.74 Å². The number of piperidine rings is 1.